The summed E-state index contributed by atoms with van der Waals surface area (Å²) in [5.41, 5.74) is 3.79. The number of aryl methyl sites for hydroxylation is 2. The van der Waals surface area contributed by atoms with Crippen LogP contribution in [0.2, 0.25) is 0 Å². The first-order chi connectivity index (χ1) is 16.0. The highest BCUT2D eigenvalue weighted by Gasteiger charge is 2.25. The van der Waals surface area contributed by atoms with Gasteiger partial charge in [0.25, 0.3) is 5.91 Å². The molecule has 1 N–H and O–H groups in total. The highest BCUT2D eigenvalue weighted by molar-refractivity contribution is 7.98. The third kappa shape index (κ3) is 6.05. The first kappa shape index (κ1) is 23.5. The van der Waals surface area contributed by atoms with E-state index in [9.17, 15) is 9.59 Å². The van der Waals surface area contributed by atoms with Crippen molar-refractivity contribution in [2.24, 2.45) is 0 Å². The monoisotopic (exact) mass is 479 g/mol. The van der Waals surface area contributed by atoms with Gasteiger partial charge in [0.1, 0.15) is 0 Å². The van der Waals surface area contributed by atoms with Crippen LogP contribution in [0.4, 0.5) is 5.69 Å². The predicted octanol–water partition coefficient (Wildman–Crippen LogP) is 5.05. The number of piperazine rings is 1. The van der Waals surface area contributed by atoms with Gasteiger partial charge in [-0.1, -0.05) is 36.4 Å². The van der Waals surface area contributed by atoms with Crippen molar-refractivity contribution in [1.82, 2.24) is 9.80 Å². The smallest absolute Gasteiger partial charge is 0.255 e. The Labute approximate surface area is 203 Å². The summed E-state index contributed by atoms with van der Waals surface area (Å²) in [4.78, 5) is 32.2. The van der Waals surface area contributed by atoms with Crippen molar-refractivity contribution < 1.29 is 9.59 Å². The lowest BCUT2D eigenvalue weighted by Gasteiger charge is -2.34. The van der Waals surface area contributed by atoms with Crippen LogP contribution in [0, 0.1) is 13.8 Å². The third-order valence-corrected chi connectivity index (χ3v) is 8.02. The molecular weight excluding hydrogens is 450 g/mol. The Bertz CT molecular complexity index is 1090. The molecule has 2 aromatic carbocycles. The van der Waals surface area contributed by atoms with E-state index >= 15 is 0 Å². The van der Waals surface area contributed by atoms with Crippen LogP contribution in [0.3, 0.4) is 0 Å². The van der Waals surface area contributed by atoms with Crippen LogP contribution in [0.1, 0.15) is 26.4 Å². The maximum Gasteiger partial charge on any atom is 0.255 e. The topological polar surface area (TPSA) is 52.7 Å². The summed E-state index contributed by atoms with van der Waals surface area (Å²) in [5.74, 6) is 0.928. The Morgan fingerprint density at radius 3 is 2.36 bits per heavy atom. The van der Waals surface area contributed by atoms with Gasteiger partial charge in [0, 0.05) is 47.4 Å². The van der Waals surface area contributed by atoms with Gasteiger partial charge in [-0.3, -0.25) is 14.5 Å². The predicted molar refractivity (Wildman–Crippen MR) is 137 cm³/mol. The van der Waals surface area contributed by atoms with E-state index in [1.54, 1.807) is 23.1 Å². The molecular formula is C26H29N3O2S2. The lowest BCUT2D eigenvalue weighted by atomic mass is 10.1. The van der Waals surface area contributed by atoms with Crippen molar-refractivity contribution in [3.63, 3.8) is 0 Å². The van der Waals surface area contributed by atoms with Crippen molar-refractivity contribution in [3.05, 3.63) is 81.5 Å². The SMILES string of the molecule is Cc1cccc(C)c1NC(=O)CN1CCN(C(=O)c2ccccc2SCc2cccs2)CC1. The van der Waals surface area contributed by atoms with Crippen LogP contribution in [0.5, 0.6) is 0 Å². The van der Waals surface area contributed by atoms with Crippen molar-refractivity contribution in [2.45, 2.75) is 24.5 Å². The molecule has 5 nitrogen and oxygen atoms in total. The van der Waals surface area contributed by atoms with Crippen molar-refractivity contribution in [2.75, 3.05) is 38.0 Å². The largest absolute Gasteiger partial charge is 0.336 e. The van der Waals surface area contributed by atoms with Gasteiger partial charge in [-0.2, -0.15) is 0 Å². The van der Waals surface area contributed by atoms with Gasteiger partial charge < -0.3 is 10.2 Å². The second-order valence-corrected chi connectivity index (χ2v) is 10.3. The second kappa shape index (κ2) is 11.0. The molecule has 2 heterocycles. The van der Waals surface area contributed by atoms with Crippen LogP contribution >= 0.6 is 23.1 Å². The van der Waals surface area contributed by atoms with Crippen LogP contribution in [0.15, 0.2) is 64.9 Å². The molecule has 7 heteroatoms. The van der Waals surface area contributed by atoms with E-state index in [0.29, 0.717) is 32.7 Å². The molecule has 4 rings (SSSR count). The molecule has 1 saturated heterocycles. The molecule has 0 radical (unpaired) electrons. The minimum atomic E-state index is -0.0116. The molecule has 1 aliphatic rings. The van der Waals surface area contributed by atoms with Gasteiger partial charge in [-0.05, 0) is 48.6 Å². The molecule has 0 spiro atoms. The average Bonchev–Trinajstić information content (AvgIpc) is 3.34. The van der Waals surface area contributed by atoms with E-state index < -0.39 is 0 Å². The van der Waals surface area contributed by atoms with E-state index in [1.165, 1.54) is 4.88 Å². The van der Waals surface area contributed by atoms with Crippen LogP contribution < -0.4 is 5.32 Å². The average molecular weight is 480 g/mol. The fourth-order valence-electron chi connectivity index (χ4n) is 3.99. The molecule has 1 fully saturated rings. The number of hydrogen-bond acceptors (Lipinski definition) is 5. The van der Waals surface area contributed by atoms with Crippen molar-refractivity contribution in [3.8, 4) is 0 Å². The molecule has 0 bridgehead atoms. The molecule has 1 aliphatic heterocycles. The van der Waals surface area contributed by atoms with Crippen molar-refractivity contribution >= 4 is 40.6 Å². The molecule has 2 amide bonds. The van der Waals surface area contributed by atoms with Gasteiger partial charge in [0.15, 0.2) is 0 Å². The first-order valence-corrected chi connectivity index (χ1v) is 13.0. The molecule has 172 valence electrons. The zero-order valence-corrected chi connectivity index (χ0v) is 20.7. The fourth-order valence-corrected chi connectivity index (χ4v) is 5.80. The Morgan fingerprint density at radius 1 is 0.939 bits per heavy atom. The fraction of sp³-hybridized carbons (Fsp3) is 0.308. The summed E-state index contributed by atoms with van der Waals surface area (Å²) >= 11 is 3.45. The molecule has 0 unspecified atom stereocenters. The maximum absolute atomic E-state index is 13.2. The quantitative estimate of drug-likeness (QED) is 0.482. The van der Waals surface area contributed by atoms with E-state index in [-0.39, 0.29) is 11.8 Å². The Balaban J connectivity index is 1.31. The van der Waals surface area contributed by atoms with Crippen LogP contribution in [-0.4, -0.2) is 54.3 Å². The van der Waals surface area contributed by atoms with Gasteiger partial charge in [0.05, 0.1) is 12.1 Å². The molecule has 33 heavy (non-hydrogen) atoms. The van der Waals surface area contributed by atoms with Gasteiger partial charge in [0.2, 0.25) is 5.91 Å². The minimum absolute atomic E-state index is 0.0116. The zero-order valence-electron chi connectivity index (χ0n) is 19.0. The summed E-state index contributed by atoms with van der Waals surface area (Å²) < 4.78 is 0. The number of anilines is 1. The number of carbonyl (C=O) groups is 2. The lowest BCUT2D eigenvalue weighted by Crippen LogP contribution is -2.50. The van der Waals surface area contributed by atoms with Crippen molar-refractivity contribution in [1.29, 1.82) is 0 Å². The molecule has 1 aromatic heterocycles. The Morgan fingerprint density at radius 2 is 1.67 bits per heavy atom. The van der Waals surface area contributed by atoms with E-state index in [4.69, 9.17) is 0 Å². The number of thiophene rings is 1. The standard InChI is InChI=1S/C26H29N3O2S2/c1-19-7-5-8-20(2)25(19)27-24(30)17-28-12-14-29(15-13-28)26(31)22-10-3-4-11-23(22)33-18-21-9-6-16-32-21/h3-11,16H,12-15,17-18H2,1-2H3,(H,27,30). The van der Waals surface area contributed by atoms with E-state index in [2.05, 4.69) is 27.7 Å². The van der Waals surface area contributed by atoms with Crippen LogP contribution in [0.25, 0.3) is 0 Å². The van der Waals surface area contributed by atoms with E-state index in [0.717, 1.165) is 33.0 Å². The Kier molecular flexibility index (Phi) is 7.85. The number of amides is 2. The van der Waals surface area contributed by atoms with E-state index in [1.807, 2.05) is 61.2 Å². The number of benzene rings is 2. The van der Waals surface area contributed by atoms with Gasteiger partial charge in [-0.15, -0.1) is 23.1 Å². The zero-order chi connectivity index (χ0) is 23.2. The molecule has 0 aliphatic carbocycles. The normalized spacial score (nSPS) is 14.3. The maximum atomic E-state index is 13.2. The summed E-state index contributed by atoms with van der Waals surface area (Å²) in [6, 6.07) is 18.0. The third-order valence-electron chi connectivity index (χ3n) is 5.84. The molecule has 0 saturated carbocycles. The highest BCUT2D eigenvalue weighted by Crippen LogP contribution is 2.29. The number of nitrogens with zero attached hydrogens (tertiary/aromatic N) is 2. The number of hydrogen-bond donors (Lipinski definition) is 1. The summed E-state index contributed by atoms with van der Waals surface area (Å²) in [5, 5.41) is 5.13. The summed E-state index contributed by atoms with van der Waals surface area (Å²) in [6.45, 7) is 6.97. The number of carbonyl (C=O) groups excluding carboxylic acids is 2. The Hall–Kier alpha value is -2.61. The van der Waals surface area contributed by atoms with Crippen LogP contribution in [-0.2, 0) is 10.5 Å². The van der Waals surface area contributed by atoms with Gasteiger partial charge in [-0.25, -0.2) is 0 Å². The lowest BCUT2D eigenvalue weighted by molar-refractivity contribution is -0.117. The number of para-hydroxylation sites is 1. The summed E-state index contributed by atoms with van der Waals surface area (Å²) in [7, 11) is 0. The summed E-state index contributed by atoms with van der Waals surface area (Å²) in [6.07, 6.45) is 0. The minimum Gasteiger partial charge on any atom is -0.336 e. The molecule has 3 aromatic rings. The van der Waals surface area contributed by atoms with Gasteiger partial charge >= 0.3 is 0 Å². The highest BCUT2D eigenvalue weighted by atomic mass is 32.2. The first-order valence-electron chi connectivity index (χ1n) is 11.1. The number of nitrogens with one attached hydrogen (secondary N) is 1. The molecule has 0 atom stereocenters. The second-order valence-electron chi connectivity index (χ2n) is 8.25. The number of rotatable bonds is 7. The number of thioether (sulfide) groups is 1.